The SMILES string of the molecule is CC(C)NC(C)(CC(C)N(C)C1CC1)C(N)=O. The van der Waals surface area contributed by atoms with Crippen molar-refractivity contribution in [2.75, 3.05) is 7.05 Å². The average molecular weight is 241 g/mol. The lowest BCUT2D eigenvalue weighted by Crippen LogP contribution is -2.58. The van der Waals surface area contributed by atoms with E-state index in [2.05, 4.69) is 24.2 Å². The Kier molecular flexibility index (Phi) is 4.55. The number of carbonyl (C=O) groups is 1. The standard InChI is InChI=1S/C13H27N3O/c1-9(2)15-13(4,12(14)17)8-10(3)16(5)11-6-7-11/h9-11,15H,6-8H2,1-5H3,(H2,14,17). The molecule has 2 atom stereocenters. The van der Waals surface area contributed by atoms with E-state index in [1.165, 1.54) is 12.8 Å². The first-order chi connectivity index (χ1) is 7.76. The lowest BCUT2D eigenvalue weighted by Gasteiger charge is -2.35. The highest BCUT2D eigenvalue weighted by Gasteiger charge is 2.37. The van der Waals surface area contributed by atoms with E-state index in [1.807, 2.05) is 20.8 Å². The third kappa shape index (κ3) is 3.96. The Hall–Kier alpha value is -0.610. The van der Waals surface area contributed by atoms with Gasteiger partial charge in [0, 0.05) is 18.1 Å². The van der Waals surface area contributed by atoms with Gasteiger partial charge >= 0.3 is 0 Å². The lowest BCUT2D eigenvalue weighted by molar-refractivity contribution is -0.124. The van der Waals surface area contributed by atoms with Crippen LogP contribution in [0.3, 0.4) is 0 Å². The molecular formula is C13H27N3O. The van der Waals surface area contributed by atoms with Crippen LogP contribution in [0.1, 0.15) is 47.0 Å². The molecule has 0 radical (unpaired) electrons. The summed E-state index contributed by atoms with van der Waals surface area (Å²) in [6.45, 7) is 8.15. The fourth-order valence-corrected chi connectivity index (χ4v) is 2.44. The molecule has 1 aliphatic rings. The van der Waals surface area contributed by atoms with E-state index < -0.39 is 5.54 Å². The number of carbonyl (C=O) groups excluding carboxylic acids is 1. The van der Waals surface area contributed by atoms with E-state index in [0.717, 1.165) is 6.42 Å². The predicted molar refractivity (Wildman–Crippen MR) is 70.7 cm³/mol. The van der Waals surface area contributed by atoms with Crippen molar-refractivity contribution < 1.29 is 4.79 Å². The first-order valence-corrected chi connectivity index (χ1v) is 6.56. The number of rotatable bonds is 7. The van der Waals surface area contributed by atoms with Crippen LogP contribution in [-0.2, 0) is 4.79 Å². The second-order valence-electron chi connectivity index (χ2n) is 5.95. The van der Waals surface area contributed by atoms with Crippen LogP contribution in [0, 0.1) is 0 Å². The van der Waals surface area contributed by atoms with Crippen LogP contribution in [0.25, 0.3) is 0 Å². The summed E-state index contributed by atoms with van der Waals surface area (Å²) in [4.78, 5) is 14.0. The summed E-state index contributed by atoms with van der Waals surface area (Å²) >= 11 is 0. The number of hydrogen-bond acceptors (Lipinski definition) is 3. The molecule has 1 fully saturated rings. The minimum Gasteiger partial charge on any atom is -0.368 e. The molecule has 0 spiro atoms. The van der Waals surface area contributed by atoms with Crippen LogP contribution in [0.4, 0.5) is 0 Å². The minimum atomic E-state index is -0.614. The van der Waals surface area contributed by atoms with Gasteiger partial charge in [0.05, 0.1) is 5.54 Å². The van der Waals surface area contributed by atoms with Crippen LogP contribution in [0.15, 0.2) is 0 Å². The maximum absolute atomic E-state index is 11.6. The van der Waals surface area contributed by atoms with Gasteiger partial charge in [-0.25, -0.2) is 0 Å². The molecular weight excluding hydrogens is 214 g/mol. The number of nitrogens with two attached hydrogens (primary N) is 1. The predicted octanol–water partition coefficient (Wildman–Crippen LogP) is 1.10. The topological polar surface area (TPSA) is 58.4 Å². The molecule has 0 saturated heterocycles. The fraction of sp³-hybridized carbons (Fsp3) is 0.923. The Morgan fingerprint density at radius 1 is 1.47 bits per heavy atom. The van der Waals surface area contributed by atoms with Gasteiger partial charge in [-0.15, -0.1) is 0 Å². The molecule has 1 aliphatic carbocycles. The fourth-order valence-electron chi connectivity index (χ4n) is 2.44. The van der Waals surface area contributed by atoms with E-state index in [1.54, 1.807) is 0 Å². The van der Waals surface area contributed by atoms with E-state index in [4.69, 9.17) is 5.73 Å². The van der Waals surface area contributed by atoms with Crippen LogP contribution in [-0.4, -0.2) is 41.5 Å². The Morgan fingerprint density at radius 2 is 2.00 bits per heavy atom. The number of nitrogens with one attached hydrogen (secondary N) is 1. The average Bonchev–Trinajstić information content (AvgIpc) is 2.97. The molecule has 4 nitrogen and oxygen atoms in total. The van der Waals surface area contributed by atoms with E-state index >= 15 is 0 Å². The van der Waals surface area contributed by atoms with E-state index in [9.17, 15) is 4.79 Å². The zero-order valence-electron chi connectivity index (χ0n) is 11.8. The molecule has 0 aromatic rings. The molecule has 0 heterocycles. The lowest BCUT2D eigenvalue weighted by atomic mass is 9.91. The number of primary amides is 1. The Balaban J connectivity index is 2.61. The molecule has 0 aromatic heterocycles. The first-order valence-electron chi connectivity index (χ1n) is 6.56. The van der Waals surface area contributed by atoms with Gasteiger partial charge < -0.3 is 16.0 Å². The molecule has 4 heteroatoms. The molecule has 3 N–H and O–H groups in total. The molecule has 0 bridgehead atoms. The van der Waals surface area contributed by atoms with Gasteiger partial charge in [0.1, 0.15) is 0 Å². The smallest absolute Gasteiger partial charge is 0.237 e. The summed E-state index contributed by atoms with van der Waals surface area (Å²) in [6, 6.07) is 1.33. The summed E-state index contributed by atoms with van der Waals surface area (Å²) in [5.74, 6) is -0.262. The summed E-state index contributed by atoms with van der Waals surface area (Å²) in [5.41, 5.74) is 4.93. The van der Waals surface area contributed by atoms with E-state index in [-0.39, 0.29) is 11.9 Å². The van der Waals surface area contributed by atoms with Gasteiger partial charge in [-0.2, -0.15) is 0 Å². The quantitative estimate of drug-likeness (QED) is 0.702. The van der Waals surface area contributed by atoms with Crippen LogP contribution >= 0.6 is 0 Å². The van der Waals surface area contributed by atoms with Crippen molar-refractivity contribution in [2.45, 2.75) is 70.6 Å². The monoisotopic (exact) mass is 241 g/mol. The normalized spacial score (nSPS) is 21.6. The number of amides is 1. The molecule has 0 aromatic carbocycles. The highest BCUT2D eigenvalue weighted by Crippen LogP contribution is 2.29. The van der Waals surface area contributed by atoms with Gasteiger partial charge in [-0.1, -0.05) is 0 Å². The summed E-state index contributed by atoms with van der Waals surface area (Å²) in [5, 5.41) is 3.30. The maximum atomic E-state index is 11.6. The van der Waals surface area contributed by atoms with Crippen molar-refractivity contribution in [2.24, 2.45) is 5.73 Å². The van der Waals surface area contributed by atoms with Gasteiger partial charge in [0.15, 0.2) is 0 Å². The summed E-state index contributed by atoms with van der Waals surface area (Å²) < 4.78 is 0. The third-order valence-electron chi connectivity index (χ3n) is 3.67. The molecule has 1 rings (SSSR count). The highest BCUT2D eigenvalue weighted by molar-refractivity contribution is 5.84. The van der Waals surface area contributed by atoms with Gasteiger partial charge in [-0.05, 0) is 54.0 Å². The molecule has 0 aliphatic heterocycles. The van der Waals surface area contributed by atoms with Crippen LogP contribution < -0.4 is 11.1 Å². The number of hydrogen-bond donors (Lipinski definition) is 2. The van der Waals surface area contributed by atoms with Crippen LogP contribution in [0.2, 0.25) is 0 Å². The third-order valence-corrected chi connectivity index (χ3v) is 3.67. The Labute approximate surface area is 105 Å². The molecule has 1 saturated carbocycles. The zero-order valence-corrected chi connectivity index (χ0v) is 11.8. The van der Waals surface area contributed by atoms with Crippen LogP contribution in [0.5, 0.6) is 0 Å². The molecule has 2 unspecified atom stereocenters. The molecule has 17 heavy (non-hydrogen) atoms. The van der Waals surface area contributed by atoms with Crippen molar-refractivity contribution in [1.29, 1.82) is 0 Å². The molecule has 100 valence electrons. The zero-order chi connectivity index (χ0) is 13.2. The summed E-state index contributed by atoms with van der Waals surface area (Å²) in [6.07, 6.45) is 3.32. The Morgan fingerprint density at radius 3 is 2.35 bits per heavy atom. The van der Waals surface area contributed by atoms with Crippen molar-refractivity contribution in [3.8, 4) is 0 Å². The molecule has 1 amide bonds. The van der Waals surface area contributed by atoms with E-state index in [0.29, 0.717) is 12.1 Å². The maximum Gasteiger partial charge on any atom is 0.237 e. The van der Waals surface area contributed by atoms with Crippen molar-refractivity contribution in [1.82, 2.24) is 10.2 Å². The highest BCUT2D eigenvalue weighted by atomic mass is 16.1. The van der Waals surface area contributed by atoms with Gasteiger partial charge in [-0.3, -0.25) is 4.79 Å². The number of nitrogens with zero attached hydrogens (tertiary/aromatic N) is 1. The first kappa shape index (κ1) is 14.5. The second-order valence-corrected chi connectivity index (χ2v) is 5.95. The van der Waals surface area contributed by atoms with Crippen molar-refractivity contribution in [3.05, 3.63) is 0 Å². The van der Waals surface area contributed by atoms with Gasteiger partial charge in [0.2, 0.25) is 5.91 Å². The minimum absolute atomic E-state index is 0.255. The Bertz CT molecular complexity index is 276. The van der Waals surface area contributed by atoms with Gasteiger partial charge in [0.25, 0.3) is 0 Å². The van der Waals surface area contributed by atoms with Crippen molar-refractivity contribution in [3.63, 3.8) is 0 Å². The second kappa shape index (κ2) is 5.36. The summed E-state index contributed by atoms with van der Waals surface area (Å²) in [7, 11) is 2.14. The van der Waals surface area contributed by atoms with Crippen molar-refractivity contribution >= 4 is 5.91 Å². The largest absolute Gasteiger partial charge is 0.368 e.